The Hall–Kier alpha value is -3.15. The minimum absolute atomic E-state index is 0.289. The van der Waals surface area contributed by atoms with Crippen LogP contribution in [0, 0.1) is 0 Å². The van der Waals surface area contributed by atoms with Gasteiger partial charge in [0.1, 0.15) is 1.41 Å². The lowest BCUT2D eigenvalue weighted by atomic mass is 9.92. The summed E-state index contributed by atoms with van der Waals surface area (Å²) in [6, 6.07) is 19.4. The smallest absolute Gasteiger partial charge is 0.337 e. The molecule has 0 saturated heterocycles. The predicted octanol–water partition coefficient (Wildman–Crippen LogP) is 8.12. The number of hydrogen-bond donors (Lipinski definition) is 1. The third-order valence-corrected chi connectivity index (χ3v) is 11.2. The van der Waals surface area contributed by atoms with Crippen molar-refractivity contribution in [2.24, 2.45) is 5.39 Å². The molecule has 0 fully saturated rings. The summed E-state index contributed by atoms with van der Waals surface area (Å²) in [5.41, 5.74) is 9.34. The molecule has 0 radical (unpaired) electrons. The van der Waals surface area contributed by atoms with Gasteiger partial charge in [-0.3, -0.25) is 4.98 Å². The normalized spacial score (nSPS) is 18.4. The van der Waals surface area contributed by atoms with Crippen molar-refractivity contribution in [2.45, 2.75) is 86.0 Å². The largest absolute Gasteiger partial charge is 0.406 e. The summed E-state index contributed by atoms with van der Waals surface area (Å²) in [6.45, 7) is 24.8. The molecule has 1 aromatic heterocycles. The molecule has 0 aliphatic carbocycles. The van der Waals surface area contributed by atoms with Crippen molar-refractivity contribution in [3.05, 3.63) is 107 Å². The molecule has 0 saturated carbocycles. The molecule has 1 aliphatic heterocycles. The van der Waals surface area contributed by atoms with E-state index in [0.717, 1.165) is 22.4 Å². The Balaban J connectivity index is 2.23. The average molecular weight is 540 g/mol. The van der Waals surface area contributed by atoms with Crippen LogP contribution >= 0.6 is 0 Å². The number of anilines is 2. The maximum Gasteiger partial charge on any atom is 0.406 e. The first kappa shape index (κ1) is 27.4. The Labute approximate surface area is 239 Å². The van der Waals surface area contributed by atoms with Crippen molar-refractivity contribution in [1.82, 2.24) is 4.98 Å². The molecule has 39 heavy (non-hydrogen) atoms. The van der Waals surface area contributed by atoms with Crippen molar-refractivity contribution in [1.29, 1.82) is 0 Å². The van der Waals surface area contributed by atoms with Gasteiger partial charge in [-0.25, -0.2) is 0 Å². The molecule has 4 rings (SSSR count). The molecular weight excluding hydrogens is 492 g/mol. The highest BCUT2D eigenvalue weighted by molar-refractivity contribution is 6.95. The summed E-state index contributed by atoms with van der Waals surface area (Å²) >= 11 is 0. The van der Waals surface area contributed by atoms with Crippen LogP contribution in [0.15, 0.2) is 84.8 Å². The van der Waals surface area contributed by atoms with E-state index >= 15 is 0 Å². The lowest BCUT2D eigenvalue weighted by Crippen LogP contribution is -2.81. The van der Waals surface area contributed by atoms with Crippen LogP contribution in [0.25, 0.3) is 0 Å². The van der Waals surface area contributed by atoms with Crippen molar-refractivity contribution in [2.75, 3.05) is 9.13 Å². The molecule has 2 aromatic carbocycles. The maximum absolute atomic E-state index is 9.25. The Morgan fingerprint density at radius 3 is 1.56 bits per heavy atom. The summed E-state index contributed by atoms with van der Waals surface area (Å²) in [5, 5.41) is 4.11. The van der Waals surface area contributed by atoms with Crippen LogP contribution in [0.1, 0.15) is 108 Å². The summed E-state index contributed by atoms with van der Waals surface area (Å²) in [5.74, 6) is 1.18. The van der Waals surface area contributed by atoms with E-state index in [-0.39, 0.29) is 11.8 Å². The lowest BCUT2D eigenvalue weighted by Gasteiger charge is -2.53. The van der Waals surface area contributed by atoms with Crippen LogP contribution < -0.4 is 19.8 Å². The standard InChI is InChI=1S/C34H46N4Si/c1-22(2)28-15-13-16-29(23(3)4)33(28)37-26(9)21-27(10)38(39(37,35)32-19-11-12-20-36-32)34-30(24(5)6)17-14-18-31(34)25(7)8/h11-25H,9,35H2,1-8,10H3/i35D. The van der Waals surface area contributed by atoms with Crippen LogP contribution in [0.2, 0.25) is 1.41 Å². The predicted molar refractivity (Wildman–Crippen MR) is 171 cm³/mol. The second kappa shape index (κ2) is 11.1. The molecule has 206 valence electrons. The molecule has 0 amide bonds. The van der Waals surface area contributed by atoms with Crippen molar-refractivity contribution in [3.8, 4) is 0 Å². The van der Waals surface area contributed by atoms with Gasteiger partial charge in [-0.05, 0) is 71.1 Å². The van der Waals surface area contributed by atoms with Crippen LogP contribution in [0.4, 0.5) is 11.4 Å². The fraction of sp³-hybridized carbons (Fsp3) is 0.382. The number of pyridine rings is 1. The van der Waals surface area contributed by atoms with E-state index in [1.807, 2.05) is 18.3 Å². The quantitative estimate of drug-likeness (QED) is 0.294. The number of para-hydroxylation sites is 2. The van der Waals surface area contributed by atoms with Gasteiger partial charge in [0.2, 0.25) is 0 Å². The first-order valence-corrected chi connectivity index (χ1v) is 16.2. The Morgan fingerprint density at radius 2 is 1.18 bits per heavy atom. The molecule has 3 aromatic rings. The van der Waals surface area contributed by atoms with E-state index in [1.165, 1.54) is 27.9 Å². The van der Waals surface area contributed by atoms with Crippen LogP contribution in [-0.4, -0.2) is 13.5 Å². The van der Waals surface area contributed by atoms with E-state index in [4.69, 9.17) is 4.98 Å². The van der Waals surface area contributed by atoms with E-state index in [1.54, 1.807) is 0 Å². The summed E-state index contributed by atoms with van der Waals surface area (Å²) < 4.78 is 14.1. The van der Waals surface area contributed by atoms with Gasteiger partial charge < -0.3 is 14.5 Å². The van der Waals surface area contributed by atoms with Gasteiger partial charge in [-0.2, -0.15) is 0 Å². The number of rotatable bonds is 8. The third kappa shape index (κ3) is 4.98. The molecule has 1 unspecified atom stereocenters. The monoisotopic (exact) mass is 539 g/mol. The molecule has 1 aliphatic rings. The first-order valence-electron chi connectivity index (χ1n) is 14.8. The number of aromatic nitrogens is 1. The number of nitrogens with zero attached hydrogens (tertiary/aromatic N) is 3. The molecule has 4 nitrogen and oxygen atoms in total. The van der Waals surface area contributed by atoms with Gasteiger partial charge in [-0.1, -0.05) is 104 Å². The Morgan fingerprint density at radius 1 is 0.718 bits per heavy atom. The molecule has 2 heterocycles. The Kier molecular flexibility index (Phi) is 7.84. The molecule has 2 N–H and O–H groups in total. The van der Waals surface area contributed by atoms with Gasteiger partial charge in [0.25, 0.3) is 0 Å². The summed E-state index contributed by atoms with van der Waals surface area (Å²) in [6.07, 6.45) is 4.04. The average Bonchev–Trinajstić information content (AvgIpc) is 2.92. The number of allylic oxidation sites excluding steroid dienone is 2. The molecule has 5 heteroatoms. The van der Waals surface area contributed by atoms with Crippen molar-refractivity contribution in [3.63, 3.8) is 0 Å². The highest BCUT2D eigenvalue weighted by Crippen LogP contribution is 2.46. The van der Waals surface area contributed by atoms with E-state index in [0.29, 0.717) is 11.8 Å². The zero-order valence-corrected chi connectivity index (χ0v) is 26.2. The van der Waals surface area contributed by atoms with E-state index < -0.39 is 8.56 Å². The van der Waals surface area contributed by atoms with Crippen molar-refractivity contribution < 1.29 is 1.41 Å². The van der Waals surface area contributed by atoms with Gasteiger partial charge in [-0.15, -0.1) is 0 Å². The van der Waals surface area contributed by atoms with E-state index in [2.05, 4.69) is 132 Å². The second-order valence-electron chi connectivity index (χ2n) is 12.0. The van der Waals surface area contributed by atoms with Crippen LogP contribution in [0.3, 0.4) is 0 Å². The van der Waals surface area contributed by atoms with Crippen molar-refractivity contribution >= 4 is 25.3 Å². The highest BCUT2D eigenvalue weighted by atomic mass is 28.4. The van der Waals surface area contributed by atoms with Gasteiger partial charge in [0, 0.05) is 29.0 Å². The number of nitrogens with two attached hydrogens (primary N) is 1. The zero-order valence-electron chi connectivity index (χ0n) is 26.2. The topological polar surface area (TPSA) is 45.4 Å². The minimum atomic E-state index is -3.40. The fourth-order valence-electron chi connectivity index (χ4n) is 5.91. The lowest BCUT2D eigenvalue weighted by molar-refractivity contribution is 0.820. The first-order chi connectivity index (χ1) is 19.0. The van der Waals surface area contributed by atoms with Gasteiger partial charge in [0.05, 0.1) is 5.32 Å². The minimum Gasteiger partial charge on any atom is -0.337 e. The van der Waals surface area contributed by atoms with Crippen LogP contribution in [0.5, 0.6) is 0 Å². The number of benzene rings is 2. The third-order valence-electron chi connectivity index (χ3n) is 7.82. The van der Waals surface area contributed by atoms with E-state index in [9.17, 15) is 1.41 Å². The second-order valence-corrected chi connectivity index (χ2v) is 14.8. The molecule has 1 atom stereocenters. The SMILES string of the molecule is [2H]N[Si]1(c2ccccn2)N(c2c(C(C)C)cccc2C(C)C)C(=C)C=C(C)N1c1c(C(C)C)cccc1C(C)C. The maximum atomic E-state index is 9.25. The molecule has 0 spiro atoms. The molecular formula is C34H46N4Si. The summed E-state index contributed by atoms with van der Waals surface area (Å²) in [4.78, 5) is 4.99. The van der Waals surface area contributed by atoms with Gasteiger partial charge in [0.15, 0.2) is 0 Å². The fourth-order valence-corrected chi connectivity index (χ4v) is 9.38. The van der Waals surface area contributed by atoms with Gasteiger partial charge >= 0.3 is 8.56 Å². The zero-order chi connectivity index (χ0) is 29.4. The highest BCUT2D eigenvalue weighted by Gasteiger charge is 2.53. The number of hydrogen-bond acceptors (Lipinski definition) is 4. The summed E-state index contributed by atoms with van der Waals surface area (Å²) in [7, 11) is -3.40. The molecule has 0 bridgehead atoms. The van der Waals surface area contributed by atoms with Crippen LogP contribution in [-0.2, 0) is 0 Å². The Bertz CT molecular complexity index is 1340.